The number of carbonyl (C=O) groups excluding carboxylic acids is 1. The molecule has 3 aromatic carbocycles. The van der Waals surface area contributed by atoms with Crippen LogP contribution >= 0.6 is 0 Å². The average Bonchev–Trinajstić information content (AvgIpc) is 2.75. The molecule has 0 saturated carbocycles. The Morgan fingerprint density at radius 3 is 2.37 bits per heavy atom. The number of anilines is 1. The predicted octanol–water partition coefficient (Wildman–Crippen LogP) is 3.66. The van der Waals surface area contributed by atoms with Crippen molar-refractivity contribution in [2.45, 2.75) is 11.4 Å². The molecule has 0 aliphatic carbocycles. The normalized spacial score (nSPS) is 11.3. The fourth-order valence-corrected chi connectivity index (χ4v) is 4.23. The Morgan fingerprint density at radius 1 is 1.00 bits per heavy atom. The minimum atomic E-state index is -3.96. The molecule has 0 spiro atoms. The second kappa shape index (κ2) is 9.51. The number of hydrogen-bond donors (Lipinski definition) is 1. The third-order valence-corrected chi connectivity index (χ3v) is 6.13. The fourth-order valence-electron chi connectivity index (χ4n) is 2.82. The summed E-state index contributed by atoms with van der Waals surface area (Å²) in [5.41, 5.74) is 1.04. The molecule has 0 radical (unpaired) electrons. The molecule has 0 saturated heterocycles. The maximum Gasteiger partial charge on any atom is 0.243 e. The van der Waals surface area contributed by atoms with Crippen LogP contribution in [0.25, 0.3) is 0 Å². The van der Waals surface area contributed by atoms with Gasteiger partial charge in [-0.2, -0.15) is 4.31 Å². The summed E-state index contributed by atoms with van der Waals surface area (Å²) in [6, 6.07) is 20.1. The molecule has 1 amide bonds. The zero-order valence-corrected chi connectivity index (χ0v) is 17.1. The molecule has 0 atom stereocenters. The molecule has 3 rings (SSSR count). The van der Waals surface area contributed by atoms with E-state index in [9.17, 15) is 17.6 Å². The van der Waals surface area contributed by atoms with Crippen molar-refractivity contribution in [3.8, 4) is 5.75 Å². The van der Waals surface area contributed by atoms with Gasteiger partial charge in [0.25, 0.3) is 0 Å². The topological polar surface area (TPSA) is 75.7 Å². The highest BCUT2D eigenvalue weighted by molar-refractivity contribution is 7.89. The average molecular weight is 428 g/mol. The van der Waals surface area contributed by atoms with E-state index in [1.807, 2.05) is 0 Å². The highest BCUT2D eigenvalue weighted by Gasteiger charge is 2.27. The van der Waals surface area contributed by atoms with Crippen LogP contribution < -0.4 is 10.1 Å². The van der Waals surface area contributed by atoms with Gasteiger partial charge in [-0.1, -0.05) is 36.4 Å². The van der Waals surface area contributed by atoms with Gasteiger partial charge in [-0.05, 0) is 42.0 Å². The third-order valence-electron chi connectivity index (χ3n) is 4.33. The van der Waals surface area contributed by atoms with Crippen molar-refractivity contribution in [2.24, 2.45) is 0 Å². The molecule has 3 aromatic rings. The first-order valence-electron chi connectivity index (χ1n) is 9.12. The largest absolute Gasteiger partial charge is 0.497 e. The second-order valence-electron chi connectivity index (χ2n) is 6.49. The smallest absolute Gasteiger partial charge is 0.243 e. The third kappa shape index (κ3) is 5.43. The van der Waals surface area contributed by atoms with E-state index in [1.54, 1.807) is 42.5 Å². The number of nitrogens with zero attached hydrogens (tertiary/aromatic N) is 1. The summed E-state index contributed by atoms with van der Waals surface area (Å²) in [5.74, 6) is -0.371. The van der Waals surface area contributed by atoms with Crippen LogP contribution in [0.15, 0.2) is 83.8 Å². The van der Waals surface area contributed by atoms with Crippen LogP contribution in [0.4, 0.5) is 10.1 Å². The van der Waals surface area contributed by atoms with Crippen molar-refractivity contribution in [1.29, 1.82) is 0 Å². The van der Waals surface area contributed by atoms with Gasteiger partial charge in [0.1, 0.15) is 11.6 Å². The Kier molecular flexibility index (Phi) is 6.81. The predicted molar refractivity (Wildman–Crippen MR) is 112 cm³/mol. The van der Waals surface area contributed by atoms with E-state index in [4.69, 9.17) is 4.74 Å². The number of hydrogen-bond acceptors (Lipinski definition) is 4. The minimum absolute atomic E-state index is 0.0706. The molecule has 0 aliphatic heterocycles. The first-order chi connectivity index (χ1) is 14.4. The zero-order chi connectivity index (χ0) is 21.6. The van der Waals surface area contributed by atoms with E-state index >= 15 is 0 Å². The standard InChI is InChI=1S/C22H21FN2O4S/c1-29-20-7-5-6-19(14-20)24-22(26)16-25(15-17-10-12-18(23)13-11-17)30(27,28)21-8-3-2-4-9-21/h2-14H,15-16H2,1H3,(H,24,26). The number of ether oxygens (including phenoxy) is 1. The van der Waals surface area contributed by atoms with Gasteiger partial charge in [-0.3, -0.25) is 4.79 Å². The van der Waals surface area contributed by atoms with Gasteiger partial charge >= 0.3 is 0 Å². The van der Waals surface area contributed by atoms with Crippen LogP contribution in [-0.2, 0) is 21.4 Å². The molecule has 0 heterocycles. The lowest BCUT2D eigenvalue weighted by atomic mass is 10.2. The molecule has 0 unspecified atom stereocenters. The van der Waals surface area contributed by atoms with Crippen molar-refractivity contribution in [1.82, 2.24) is 4.31 Å². The SMILES string of the molecule is COc1cccc(NC(=O)CN(Cc2ccc(F)cc2)S(=O)(=O)c2ccccc2)c1. The van der Waals surface area contributed by atoms with Crippen LogP contribution in [-0.4, -0.2) is 32.3 Å². The maximum atomic E-state index is 13.2. The van der Waals surface area contributed by atoms with Crippen molar-refractivity contribution < 1.29 is 22.3 Å². The summed E-state index contributed by atoms with van der Waals surface area (Å²) >= 11 is 0. The Labute approximate surface area is 175 Å². The summed E-state index contributed by atoms with van der Waals surface area (Å²) < 4.78 is 45.7. The summed E-state index contributed by atoms with van der Waals surface area (Å²) in [6.45, 7) is -0.491. The van der Waals surface area contributed by atoms with Crippen molar-refractivity contribution in [3.05, 3.63) is 90.2 Å². The van der Waals surface area contributed by atoms with Crippen LogP contribution in [0.1, 0.15) is 5.56 Å². The number of carbonyl (C=O) groups is 1. The summed E-state index contributed by atoms with van der Waals surface area (Å²) in [6.07, 6.45) is 0. The molecule has 0 bridgehead atoms. The molecule has 0 aromatic heterocycles. The molecular weight excluding hydrogens is 407 g/mol. The molecule has 8 heteroatoms. The van der Waals surface area contributed by atoms with Gasteiger partial charge in [-0.15, -0.1) is 0 Å². The van der Waals surface area contributed by atoms with E-state index in [0.29, 0.717) is 17.0 Å². The number of halogens is 1. The highest BCUT2D eigenvalue weighted by Crippen LogP contribution is 2.20. The number of nitrogens with one attached hydrogen (secondary N) is 1. The fraction of sp³-hybridized carbons (Fsp3) is 0.136. The molecule has 0 aliphatic rings. The first-order valence-corrected chi connectivity index (χ1v) is 10.6. The number of methoxy groups -OCH3 is 1. The van der Waals surface area contributed by atoms with E-state index in [1.165, 1.54) is 43.5 Å². The van der Waals surface area contributed by atoms with E-state index in [0.717, 1.165) is 4.31 Å². The zero-order valence-electron chi connectivity index (χ0n) is 16.3. The molecule has 156 valence electrons. The van der Waals surface area contributed by atoms with Gasteiger partial charge in [0.2, 0.25) is 15.9 Å². The number of benzene rings is 3. The second-order valence-corrected chi connectivity index (χ2v) is 8.43. The minimum Gasteiger partial charge on any atom is -0.497 e. The van der Waals surface area contributed by atoms with Gasteiger partial charge in [0.05, 0.1) is 18.6 Å². The molecular formula is C22H21FN2O4S. The van der Waals surface area contributed by atoms with Crippen LogP contribution in [0, 0.1) is 5.82 Å². The Bertz CT molecular complexity index is 1100. The quantitative estimate of drug-likeness (QED) is 0.594. The first kappa shape index (κ1) is 21.5. The molecule has 1 N–H and O–H groups in total. The summed E-state index contributed by atoms with van der Waals surface area (Å²) in [5, 5.41) is 2.68. The molecule has 30 heavy (non-hydrogen) atoms. The van der Waals surface area contributed by atoms with Crippen LogP contribution in [0.3, 0.4) is 0 Å². The van der Waals surface area contributed by atoms with Crippen LogP contribution in [0.5, 0.6) is 5.75 Å². The number of rotatable bonds is 8. The van der Waals surface area contributed by atoms with Crippen molar-refractivity contribution >= 4 is 21.6 Å². The van der Waals surface area contributed by atoms with E-state index in [-0.39, 0.29) is 11.4 Å². The summed E-state index contributed by atoms with van der Waals surface area (Å²) in [7, 11) is -2.44. The van der Waals surface area contributed by atoms with E-state index in [2.05, 4.69) is 5.32 Å². The van der Waals surface area contributed by atoms with Crippen molar-refractivity contribution in [2.75, 3.05) is 19.0 Å². The summed E-state index contributed by atoms with van der Waals surface area (Å²) in [4.78, 5) is 12.7. The van der Waals surface area contributed by atoms with Crippen LogP contribution in [0.2, 0.25) is 0 Å². The van der Waals surface area contributed by atoms with Crippen molar-refractivity contribution in [3.63, 3.8) is 0 Å². The van der Waals surface area contributed by atoms with Gasteiger partial charge in [-0.25, -0.2) is 12.8 Å². The Morgan fingerprint density at radius 2 is 1.70 bits per heavy atom. The molecule has 6 nitrogen and oxygen atoms in total. The Hall–Kier alpha value is -3.23. The lowest BCUT2D eigenvalue weighted by molar-refractivity contribution is -0.116. The highest BCUT2D eigenvalue weighted by atomic mass is 32.2. The number of amides is 1. The van der Waals surface area contributed by atoms with E-state index < -0.39 is 28.3 Å². The van der Waals surface area contributed by atoms with Gasteiger partial charge in [0, 0.05) is 18.3 Å². The Balaban J connectivity index is 1.84. The lowest BCUT2D eigenvalue weighted by Gasteiger charge is -2.22. The lowest BCUT2D eigenvalue weighted by Crippen LogP contribution is -2.37. The monoisotopic (exact) mass is 428 g/mol. The molecule has 0 fully saturated rings. The number of sulfonamides is 1. The van der Waals surface area contributed by atoms with Gasteiger partial charge in [0.15, 0.2) is 0 Å². The maximum absolute atomic E-state index is 13.2. The van der Waals surface area contributed by atoms with Gasteiger partial charge < -0.3 is 10.1 Å².